The van der Waals surface area contributed by atoms with E-state index in [4.69, 9.17) is 18.9 Å². The summed E-state index contributed by atoms with van der Waals surface area (Å²) in [6.45, 7) is 2.01. The van der Waals surface area contributed by atoms with Crippen molar-refractivity contribution in [3.63, 3.8) is 0 Å². The van der Waals surface area contributed by atoms with Gasteiger partial charge in [-0.3, -0.25) is 0 Å². The third kappa shape index (κ3) is 2.33. The maximum Gasteiger partial charge on any atom is 0.377 e. The van der Waals surface area contributed by atoms with Gasteiger partial charge in [-0.05, 0) is 19.1 Å². The number of methoxy groups -OCH3 is 1. The Morgan fingerprint density at radius 1 is 1.35 bits per heavy atom. The Labute approximate surface area is 98.5 Å². The molecule has 0 radical (unpaired) electrons. The van der Waals surface area contributed by atoms with Crippen LogP contribution in [0, 0.1) is 0 Å². The van der Waals surface area contributed by atoms with Crippen LogP contribution < -0.4 is 14.2 Å². The SMILES string of the molecule is CCOC(=O)C1=COc2cc(OC)ccc2O1. The highest BCUT2D eigenvalue weighted by Crippen LogP contribution is 2.35. The summed E-state index contributed by atoms with van der Waals surface area (Å²) in [7, 11) is 1.56. The number of fused-ring (bicyclic) bond motifs is 1. The lowest BCUT2D eigenvalue weighted by atomic mass is 10.3. The first-order valence-electron chi connectivity index (χ1n) is 5.14. The van der Waals surface area contributed by atoms with E-state index in [0.29, 0.717) is 17.2 Å². The van der Waals surface area contributed by atoms with Crippen LogP contribution in [-0.4, -0.2) is 19.7 Å². The molecule has 1 aromatic carbocycles. The number of benzene rings is 1. The van der Waals surface area contributed by atoms with E-state index < -0.39 is 5.97 Å². The fraction of sp³-hybridized carbons (Fsp3) is 0.250. The van der Waals surface area contributed by atoms with Crippen molar-refractivity contribution in [2.75, 3.05) is 13.7 Å². The van der Waals surface area contributed by atoms with E-state index in [9.17, 15) is 4.79 Å². The Balaban J connectivity index is 2.17. The molecule has 5 heteroatoms. The van der Waals surface area contributed by atoms with Gasteiger partial charge in [0.15, 0.2) is 11.5 Å². The average Bonchev–Trinajstić information content (AvgIpc) is 2.37. The van der Waals surface area contributed by atoms with Gasteiger partial charge >= 0.3 is 5.97 Å². The molecular formula is C12H12O5. The Bertz CT molecular complexity index is 464. The first-order chi connectivity index (χ1) is 8.24. The van der Waals surface area contributed by atoms with Crippen LogP contribution in [0.1, 0.15) is 6.92 Å². The number of esters is 1. The zero-order valence-corrected chi connectivity index (χ0v) is 9.56. The molecule has 90 valence electrons. The number of ether oxygens (including phenoxy) is 4. The molecule has 0 unspecified atom stereocenters. The molecule has 0 saturated carbocycles. The van der Waals surface area contributed by atoms with E-state index in [2.05, 4.69) is 0 Å². The Morgan fingerprint density at radius 3 is 2.88 bits per heavy atom. The number of rotatable bonds is 3. The molecule has 17 heavy (non-hydrogen) atoms. The molecule has 0 saturated heterocycles. The quantitative estimate of drug-likeness (QED) is 0.750. The first kappa shape index (κ1) is 11.3. The molecule has 5 nitrogen and oxygen atoms in total. The smallest absolute Gasteiger partial charge is 0.377 e. The van der Waals surface area contributed by atoms with Gasteiger partial charge in [-0.2, -0.15) is 0 Å². The predicted molar refractivity (Wildman–Crippen MR) is 59.0 cm³/mol. The summed E-state index contributed by atoms with van der Waals surface area (Å²) in [5.74, 6) is 1.09. The highest BCUT2D eigenvalue weighted by Gasteiger charge is 2.21. The maximum absolute atomic E-state index is 11.4. The summed E-state index contributed by atoms with van der Waals surface area (Å²) in [6, 6.07) is 5.06. The summed E-state index contributed by atoms with van der Waals surface area (Å²) in [6.07, 6.45) is 1.22. The highest BCUT2D eigenvalue weighted by atomic mass is 16.6. The predicted octanol–water partition coefficient (Wildman–Crippen LogP) is 1.87. The van der Waals surface area contributed by atoms with Gasteiger partial charge in [0, 0.05) is 6.07 Å². The monoisotopic (exact) mass is 236 g/mol. The molecule has 2 rings (SSSR count). The summed E-state index contributed by atoms with van der Waals surface area (Å²) in [4.78, 5) is 11.4. The van der Waals surface area contributed by atoms with Crippen molar-refractivity contribution in [2.24, 2.45) is 0 Å². The van der Waals surface area contributed by atoms with Gasteiger partial charge in [-0.25, -0.2) is 4.79 Å². The zero-order chi connectivity index (χ0) is 12.3. The Hall–Kier alpha value is -2.17. The van der Waals surface area contributed by atoms with Crippen molar-refractivity contribution in [3.05, 3.63) is 30.2 Å². The van der Waals surface area contributed by atoms with Gasteiger partial charge in [0.05, 0.1) is 13.7 Å². The van der Waals surface area contributed by atoms with Gasteiger partial charge < -0.3 is 18.9 Å². The fourth-order valence-corrected chi connectivity index (χ4v) is 1.34. The highest BCUT2D eigenvalue weighted by molar-refractivity contribution is 5.87. The minimum absolute atomic E-state index is 0.0320. The molecule has 1 aliphatic rings. The second-order valence-electron chi connectivity index (χ2n) is 3.24. The maximum atomic E-state index is 11.4. The average molecular weight is 236 g/mol. The van der Waals surface area contributed by atoms with Crippen LogP contribution in [0.25, 0.3) is 0 Å². The van der Waals surface area contributed by atoms with E-state index in [1.807, 2.05) is 0 Å². The first-order valence-corrected chi connectivity index (χ1v) is 5.14. The molecule has 0 N–H and O–H groups in total. The van der Waals surface area contributed by atoms with Crippen LogP contribution in [0.5, 0.6) is 17.2 Å². The van der Waals surface area contributed by atoms with Crippen molar-refractivity contribution >= 4 is 5.97 Å². The molecule has 0 bridgehead atoms. The van der Waals surface area contributed by atoms with Crippen molar-refractivity contribution in [1.82, 2.24) is 0 Å². The minimum atomic E-state index is -0.547. The number of carbonyl (C=O) groups excluding carboxylic acids is 1. The molecule has 0 atom stereocenters. The van der Waals surface area contributed by atoms with Gasteiger partial charge in [0.25, 0.3) is 0 Å². The van der Waals surface area contributed by atoms with Crippen LogP contribution in [0.4, 0.5) is 0 Å². The van der Waals surface area contributed by atoms with Crippen LogP contribution in [0.3, 0.4) is 0 Å². The lowest BCUT2D eigenvalue weighted by Crippen LogP contribution is -2.16. The van der Waals surface area contributed by atoms with E-state index in [-0.39, 0.29) is 12.4 Å². The standard InChI is InChI=1S/C12H12O5/c1-3-15-12(13)11-7-16-10-6-8(14-2)4-5-9(10)17-11/h4-7H,3H2,1-2H3. The largest absolute Gasteiger partial charge is 0.497 e. The van der Waals surface area contributed by atoms with Crippen molar-refractivity contribution < 1.29 is 23.7 Å². The molecule has 0 aromatic heterocycles. The number of carbonyl (C=O) groups is 1. The lowest BCUT2D eigenvalue weighted by Gasteiger charge is -2.17. The minimum Gasteiger partial charge on any atom is -0.497 e. The Kier molecular flexibility index (Phi) is 3.18. The van der Waals surface area contributed by atoms with E-state index in [0.717, 1.165) is 0 Å². The molecule has 0 spiro atoms. The van der Waals surface area contributed by atoms with Crippen LogP contribution in [0.15, 0.2) is 30.2 Å². The molecule has 1 heterocycles. The fourth-order valence-electron chi connectivity index (χ4n) is 1.34. The number of hydrogen-bond acceptors (Lipinski definition) is 5. The molecular weight excluding hydrogens is 224 g/mol. The molecule has 1 aromatic rings. The van der Waals surface area contributed by atoms with Crippen LogP contribution in [0.2, 0.25) is 0 Å². The molecule has 0 amide bonds. The Morgan fingerprint density at radius 2 is 2.18 bits per heavy atom. The molecule has 0 aliphatic carbocycles. The topological polar surface area (TPSA) is 54.0 Å². The van der Waals surface area contributed by atoms with E-state index >= 15 is 0 Å². The lowest BCUT2D eigenvalue weighted by molar-refractivity contribution is -0.141. The van der Waals surface area contributed by atoms with E-state index in [1.165, 1.54) is 6.26 Å². The van der Waals surface area contributed by atoms with E-state index in [1.54, 1.807) is 32.2 Å². The van der Waals surface area contributed by atoms with Gasteiger partial charge in [0.1, 0.15) is 12.0 Å². The second kappa shape index (κ2) is 4.78. The summed E-state index contributed by atoms with van der Waals surface area (Å²) in [5.41, 5.74) is 0. The number of hydrogen-bond donors (Lipinski definition) is 0. The zero-order valence-electron chi connectivity index (χ0n) is 9.56. The summed E-state index contributed by atoms with van der Waals surface area (Å²) < 4.78 is 20.5. The van der Waals surface area contributed by atoms with Gasteiger partial charge in [0.2, 0.25) is 5.76 Å². The molecule has 0 fully saturated rings. The van der Waals surface area contributed by atoms with Crippen molar-refractivity contribution in [2.45, 2.75) is 6.92 Å². The summed E-state index contributed by atoms with van der Waals surface area (Å²) in [5, 5.41) is 0. The van der Waals surface area contributed by atoms with Crippen molar-refractivity contribution in [3.8, 4) is 17.2 Å². The second-order valence-corrected chi connectivity index (χ2v) is 3.24. The van der Waals surface area contributed by atoms with Gasteiger partial charge in [-0.1, -0.05) is 0 Å². The third-order valence-corrected chi connectivity index (χ3v) is 2.14. The molecule has 1 aliphatic heterocycles. The van der Waals surface area contributed by atoms with Gasteiger partial charge in [-0.15, -0.1) is 0 Å². The van der Waals surface area contributed by atoms with Crippen LogP contribution >= 0.6 is 0 Å². The normalized spacial score (nSPS) is 12.7. The summed E-state index contributed by atoms with van der Waals surface area (Å²) >= 11 is 0. The van der Waals surface area contributed by atoms with Crippen LogP contribution in [-0.2, 0) is 9.53 Å². The van der Waals surface area contributed by atoms with Crippen molar-refractivity contribution in [1.29, 1.82) is 0 Å². The third-order valence-electron chi connectivity index (χ3n) is 2.14.